The van der Waals surface area contributed by atoms with Crippen LogP contribution in [0.5, 0.6) is 5.75 Å². The summed E-state index contributed by atoms with van der Waals surface area (Å²) in [6, 6.07) is 11.4. The fourth-order valence-corrected chi connectivity index (χ4v) is 2.84. The van der Waals surface area contributed by atoms with Crippen LogP contribution in [-0.2, 0) is 0 Å². The Hall–Kier alpha value is -2.89. The first-order valence-corrected chi connectivity index (χ1v) is 7.38. The van der Waals surface area contributed by atoms with Crippen LogP contribution in [0.15, 0.2) is 47.3 Å². The highest BCUT2D eigenvalue weighted by atomic mass is 19.1. The van der Waals surface area contributed by atoms with Crippen LogP contribution in [0.1, 0.15) is 18.0 Å². The Labute approximate surface area is 131 Å². The predicted molar refractivity (Wildman–Crippen MR) is 85.2 cm³/mol. The van der Waals surface area contributed by atoms with Gasteiger partial charge in [-0.1, -0.05) is 12.1 Å². The van der Waals surface area contributed by atoms with Crippen LogP contribution in [-0.4, -0.2) is 16.6 Å². The van der Waals surface area contributed by atoms with E-state index in [9.17, 15) is 9.18 Å². The summed E-state index contributed by atoms with van der Waals surface area (Å²) < 4.78 is 19.1. The van der Waals surface area contributed by atoms with E-state index in [-0.39, 0.29) is 17.4 Å². The minimum Gasteiger partial charge on any atom is -0.493 e. The monoisotopic (exact) mass is 311 g/mol. The molecule has 4 rings (SSSR count). The lowest BCUT2D eigenvalue weighted by molar-refractivity contribution is 0.273. The van der Waals surface area contributed by atoms with Gasteiger partial charge in [0.05, 0.1) is 23.6 Å². The van der Waals surface area contributed by atoms with Crippen molar-refractivity contribution in [2.45, 2.75) is 12.5 Å². The summed E-state index contributed by atoms with van der Waals surface area (Å²) >= 11 is 0. The van der Waals surface area contributed by atoms with E-state index in [1.165, 1.54) is 12.1 Å². The van der Waals surface area contributed by atoms with Crippen molar-refractivity contribution in [1.29, 1.82) is 0 Å². The Bertz CT molecular complexity index is 939. The van der Waals surface area contributed by atoms with Crippen LogP contribution < -0.4 is 15.6 Å². The van der Waals surface area contributed by atoms with Crippen LogP contribution in [0.2, 0.25) is 0 Å². The van der Waals surface area contributed by atoms with Gasteiger partial charge < -0.3 is 10.1 Å². The third kappa shape index (κ3) is 2.52. The number of halogens is 1. The van der Waals surface area contributed by atoms with Crippen LogP contribution in [0, 0.1) is 5.82 Å². The maximum atomic E-state index is 13.5. The summed E-state index contributed by atoms with van der Waals surface area (Å²) in [5.74, 6) is 0.704. The number of rotatable bonds is 2. The second kappa shape index (κ2) is 5.39. The predicted octanol–water partition coefficient (Wildman–Crippen LogP) is 3.00. The van der Waals surface area contributed by atoms with E-state index in [2.05, 4.69) is 15.3 Å². The molecule has 1 aliphatic heterocycles. The molecule has 6 heteroatoms. The molecule has 1 atom stereocenters. The van der Waals surface area contributed by atoms with Gasteiger partial charge in [-0.25, -0.2) is 9.37 Å². The standard InChI is InChI=1S/C17H14FN3O2/c18-10-5-6-15-12(9-10)14(7-8-23-15)20-17-19-13-4-2-1-3-11(13)16(22)21-17/h1-6,9,14H,7-8H2,(H2,19,20,21,22). The maximum Gasteiger partial charge on any atom is 0.260 e. The summed E-state index contributed by atoms with van der Waals surface area (Å²) in [5.41, 5.74) is 1.14. The average Bonchev–Trinajstić information content (AvgIpc) is 2.55. The number of fused-ring (bicyclic) bond motifs is 2. The summed E-state index contributed by atoms with van der Waals surface area (Å²) in [7, 11) is 0. The highest BCUT2D eigenvalue weighted by molar-refractivity contribution is 5.78. The zero-order valence-electron chi connectivity index (χ0n) is 12.2. The van der Waals surface area contributed by atoms with Crippen molar-refractivity contribution in [3.63, 3.8) is 0 Å². The number of nitrogens with zero attached hydrogens (tertiary/aromatic N) is 1. The third-order valence-corrected chi connectivity index (χ3v) is 3.94. The van der Waals surface area contributed by atoms with E-state index >= 15 is 0 Å². The number of H-pyrrole nitrogens is 1. The highest BCUT2D eigenvalue weighted by Gasteiger charge is 2.22. The number of hydrogen-bond acceptors (Lipinski definition) is 4. The van der Waals surface area contributed by atoms with Crippen LogP contribution in [0.25, 0.3) is 10.9 Å². The number of anilines is 1. The molecule has 1 aliphatic rings. The van der Waals surface area contributed by atoms with Crippen molar-refractivity contribution in [2.24, 2.45) is 0 Å². The lowest BCUT2D eigenvalue weighted by Gasteiger charge is -2.26. The van der Waals surface area contributed by atoms with Crippen LogP contribution >= 0.6 is 0 Å². The van der Waals surface area contributed by atoms with Crippen molar-refractivity contribution >= 4 is 16.9 Å². The molecule has 0 saturated heterocycles. The molecule has 1 aromatic heterocycles. The molecule has 3 aromatic rings. The molecule has 0 radical (unpaired) electrons. The van der Waals surface area contributed by atoms with Crippen molar-refractivity contribution < 1.29 is 9.13 Å². The van der Waals surface area contributed by atoms with Gasteiger partial charge >= 0.3 is 0 Å². The first-order valence-electron chi connectivity index (χ1n) is 7.38. The molecule has 0 fully saturated rings. The largest absolute Gasteiger partial charge is 0.493 e. The first-order chi connectivity index (χ1) is 11.2. The van der Waals surface area contributed by atoms with Crippen LogP contribution in [0.4, 0.5) is 10.3 Å². The number of nitrogens with one attached hydrogen (secondary N) is 2. The Balaban J connectivity index is 1.72. The fourth-order valence-electron chi connectivity index (χ4n) is 2.84. The van der Waals surface area contributed by atoms with Gasteiger partial charge in [0.25, 0.3) is 5.56 Å². The average molecular weight is 311 g/mol. The number of aromatic amines is 1. The molecule has 116 valence electrons. The second-order valence-electron chi connectivity index (χ2n) is 5.45. The van der Waals surface area contributed by atoms with Gasteiger partial charge in [0, 0.05) is 12.0 Å². The summed E-state index contributed by atoms with van der Waals surface area (Å²) in [5, 5.41) is 3.72. The molecule has 0 spiro atoms. The minimum absolute atomic E-state index is 0.168. The van der Waals surface area contributed by atoms with Crippen molar-refractivity contribution in [3.05, 3.63) is 64.2 Å². The normalized spacial score (nSPS) is 16.7. The molecule has 2 heterocycles. The topological polar surface area (TPSA) is 67.0 Å². The van der Waals surface area contributed by atoms with Gasteiger partial charge in [-0.15, -0.1) is 0 Å². The van der Waals surface area contributed by atoms with E-state index in [4.69, 9.17) is 4.74 Å². The van der Waals surface area contributed by atoms with Gasteiger partial charge in [-0.05, 0) is 30.3 Å². The zero-order chi connectivity index (χ0) is 15.8. The number of aromatic nitrogens is 2. The zero-order valence-corrected chi connectivity index (χ0v) is 12.2. The molecule has 1 unspecified atom stereocenters. The number of ether oxygens (including phenoxy) is 1. The quantitative estimate of drug-likeness (QED) is 0.763. The summed E-state index contributed by atoms with van der Waals surface area (Å²) in [6.07, 6.45) is 0.660. The molecule has 23 heavy (non-hydrogen) atoms. The Morgan fingerprint density at radius 1 is 1.26 bits per heavy atom. The molecular weight excluding hydrogens is 297 g/mol. The number of benzene rings is 2. The van der Waals surface area contributed by atoms with E-state index < -0.39 is 0 Å². The molecule has 0 aliphatic carbocycles. The summed E-state index contributed by atoms with van der Waals surface area (Å²) in [6.45, 7) is 0.522. The lowest BCUT2D eigenvalue weighted by atomic mass is 10.0. The van der Waals surface area contributed by atoms with Gasteiger partial charge in [0.15, 0.2) is 0 Å². The lowest BCUT2D eigenvalue weighted by Crippen LogP contribution is -2.23. The summed E-state index contributed by atoms with van der Waals surface area (Å²) in [4.78, 5) is 19.3. The van der Waals surface area contributed by atoms with Gasteiger partial charge in [-0.2, -0.15) is 0 Å². The van der Waals surface area contributed by atoms with Gasteiger partial charge in [-0.3, -0.25) is 9.78 Å². The van der Waals surface area contributed by atoms with Gasteiger partial charge in [0.2, 0.25) is 5.95 Å². The highest BCUT2D eigenvalue weighted by Crippen LogP contribution is 2.34. The van der Waals surface area contributed by atoms with E-state index in [1.54, 1.807) is 24.3 Å². The third-order valence-electron chi connectivity index (χ3n) is 3.94. The smallest absolute Gasteiger partial charge is 0.260 e. The molecule has 0 bridgehead atoms. The molecule has 0 amide bonds. The minimum atomic E-state index is -0.319. The maximum absolute atomic E-state index is 13.5. The fraction of sp³-hybridized carbons (Fsp3) is 0.176. The Kier molecular flexibility index (Phi) is 3.22. The van der Waals surface area contributed by atoms with Crippen molar-refractivity contribution in [1.82, 2.24) is 9.97 Å². The van der Waals surface area contributed by atoms with Crippen LogP contribution in [0.3, 0.4) is 0 Å². The SMILES string of the molecule is O=c1[nH]c(NC2CCOc3ccc(F)cc32)nc2ccccc12. The Morgan fingerprint density at radius 2 is 2.13 bits per heavy atom. The molecule has 5 nitrogen and oxygen atoms in total. The Morgan fingerprint density at radius 3 is 3.04 bits per heavy atom. The number of hydrogen-bond donors (Lipinski definition) is 2. The first kappa shape index (κ1) is 13.8. The molecule has 2 aromatic carbocycles. The molecule has 2 N–H and O–H groups in total. The number of para-hydroxylation sites is 1. The van der Waals surface area contributed by atoms with E-state index in [1.807, 2.05) is 6.07 Å². The van der Waals surface area contributed by atoms with E-state index in [0.717, 1.165) is 5.56 Å². The molecular formula is C17H14FN3O2. The van der Waals surface area contributed by atoms with Crippen molar-refractivity contribution in [2.75, 3.05) is 11.9 Å². The molecule has 0 saturated carbocycles. The van der Waals surface area contributed by atoms with Crippen molar-refractivity contribution in [3.8, 4) is 5.75 Å². The van der Waals surface area contributed by atoms with Gasteiger partial charge in [0.1, 0.15) is 11.6 Å². The second-order valence-corrected chi connectivity index (χ2v) is 5.45. The van der Waals surface area contributed by atoms with E-state index in [0.29, 0.717) is 35.6 Å².